The van der Waals surface area contributed by atoms with Gasteiger partial charge in [-0.05, 0) is 13.0 Å². The first kappa shape index (κ1) is 13.4. The van der Waals surface area contributed by atoms with Crippen molar-refractivity contribution in [1.29, 1.82) is 0 Å². The van der Waals surface area contributed by atoms with E-state index < -0.39 is 15.5 Å². The van der Waals surface area contributed by atoms with Gasteiger partial charge in [0.25, 0.3) is 5.69 Å². The molecule has 9 nitrogen and oxygen atoms in total. The Hall–Kier alpha value is -2.71. The number of hydrazone groups is 1. The lowest BCUT2D eigenvalue weighted by Crippen LogP contribution is -1.99. The monoisotopic (exact) mass is 254 g/mol. The van der Waals surface area contributed by atoms with Gasteiger partial charge in [0.2, 0.25) is 0 Å². The van der Waals surface area contributed by atoms with Crippen molar-refractivity contribution in [3.8, 4) is 0 Å². The normalized spacial score (nSPS) is 10.3. The molecule has 0 unspecified atom stereocenters. The standard InChI is InChI=1S/C9H10N4O5/c1-2-18-6-10-11-8-4-3-7(12(14)15)5-9(8)13(16)17/h3-6,11H,2H2,1H3/b10-6-. The fourth-order valence-corrected chi connectivity index (χ4v) is 1.09. The highest BCUT2D eigenvalue weighted by Crippen LogP contribution is 2.28. The van der Waals surface area contributed by atoms with Crippen LogP contribution in [-0.4, -0.2) is 22.9 Å². The SMILES string of the molecule is CCO/C=N\Nc1ccc([N+](=O)[O-])cc1[N+](=O)[O-]. The molecule has 0 radical (unpaired) electrons. The third-order valence-corrected chi connectivity index (χ3v) is 1.87. The van der Waals surface area contributed by atoms with Crippen LogP contribution in [0.15, 0.2) is 23.3 Å². The Labute approximate surface area is 101 Å². The minimum absolute atomic E-state index is 0.0431. The van der Waals surface area contributed by atoms with E-state index in [4.69, 9.17) is 4.74 Å². The van der Waals surface area contributed by atoms with Gasteiger partial charge in [-0.1, -0.05) is 0 Å². The summed E-state index contributed by atoms with van der Waals surface area (Å²) in [7, 11) is 0. The zero-order valence-corrected chi connectivity index (χ0v) is 9.40. The fourth-order valence-electron chi connectivity index (χ4n) is 1.09. The quantitative estimate of drug-likeness (QED) is 0.358. The van der Waals surface area contributed by atoms with Gasteiger partial charge < -0.3 is 4.74 Å². The molecule has 1 N–H and O–H groups in total. The lowest BCUT2D eigenvalue weighted by Gasteiger charge is -2.01. The van der Waals surface area contributed by atoms with E-state index in [1.165, 1.54) is 6.07 Å². The molecule has 0 amide bonds. The summed E-state index contributed by atoms with van der Waals surface area (Å²) >= 11 is 0. The Morgan fingerprint density at radius 3 is 2.67 bits per heavy atom. The van der Waals surface area contributed by atoms with Crippen LogP contribution in [0, 0.1) is 20.2 Å². The van der Waals surface area contributed by atoms with Crippen LogP contribution in [0.1, 0.15) is 6.92 Å². The molecular formula is C9H10N4O5. The number of non-ortho nitro benzene ring substituents is 1. The molecule has 0 bridgehead atoms. The minimum Gasteiger partial charge on any atom is -0.482 e. The molecule has 96 valence electrons. The highest BCUT2D eigenvalue weighted by molar-refractivity contribution is 5.66. The van der Waals surface area contributed by atoms with Gasteiger partial charge in [0.05, 0.1) is 22.5 Å². The molecule has 0 saturated carbocycles. The van der Waals surface area contributed by atoms with E-state index in [0.717, 1.165) is 18.5 Å². The number of nitro benzene ring substituents is 2. The van der Waals surface area contributed by atoms with Crippen LogP contribution in [0.25, 0.3) is 0 Å². The van der Waals surface area contributed by atoms with E-state index in [0.29, 0.717) is 6.61 Å². The van der Waals surface area contributed by atoms with Crippen LogP contribution in [0.2, 0.25) is 0 Å². The van der Waals surface area contributed by atoms with E-state index in [1.54, 1.807) is 6.92 Å². The summed E-state index contributed by atoms with van der Waals surface area (Å²) < 4.78 is 4.79. The topological polar surface area (TPSA) is 120 Å². The molecule has 0 aliphatic rings. The molecule has 0 spiro atoms. The number of nitrogens with zero attached hydrogens (tertiary/aromatic N) is 3. The summed E-state index contributed by atoms with van der Waals surface area (Å²) in [6, 6.07) is 3.21. The Balaban J connectivity index is 2.97. The molecule has 1 aromatic rings. The summed E-state index contributed by atoms with van der Waals surface area (Å²) in [5, 5.41) is 24.8. The summed E-state index contributed by atoms with van der Waals surface area (Å²) in [4.78, 5) is 19.8. The van der Waals surface area contributed by atoms with Crippen LogP contribution < -0.4 is 5.43 Å². The number of rotatable bonds is 6. The highest BCUT2D eigenvalue weighted by Gasteiger charge is 2.18. The van der Waals surface area contributed by atoms with Crippen molar-refractivity contribution < 1.29 is 14.6 Å². The second-order valence-electron chi connectivity index (χ2n) is 3.02. The molecule has 0 saturated heterocycles. The van der Waals surface area contributed by atoms with Crippen molar-refractivity contribution in [3.63, 3.8) is 0 Å². The number of anilines is 1. The van der Waals surface area contributed by atoms with Crippen molar-refractivity contribution in [2.45, 2.75) is 6.92 Å². The van der Waals surface area contributed by atoms with E-state index in [1.807, 2.05) is 0 Å². The van der Waals surface area contributed by atoms with Crippen molar-refractivity contribution in [2.24, 2.45) is 5.10 Å². The van der Waals surface area contributed by atoms with Crippen LogP contribution in [0.5, 0.6) is 0 Å². The third kappa shape index (κ3) is 3.40. The largest absolute Gasteiger partial charge is 0.482 e. The van der Waals surface area contributed by atoms with Crippen LogP contribution in [0.4, 0.5) is 17.1 Å². The Morgan fingerprint density at radius 2 is 2.11 bits per heavy atom. The van der Waals surface area contributed by atoms with E-state index in [9.17, 15) is 20.2 Å². The lowest BCUT2D eigenvalue weighted by molar-refractivity contribution is -0.393. The molecule has 1 aromatic carbocycles. The van der Waals surface area contributed by atoms with Crippen molar-refractivity contribution in [3.05, 3.63) is 38.4 Å². The molecular weight excluding hydrogens is 244 g/mol. The molecule has 0 atom stereocenters. The van der Waals surface area contributed by atoms with Gasteiger partial charge in [-0.2, -0.15) is 0 Å². The number of hydrogen-bond donors (Lipinski definition) is 1. The zero-order chi connectivity index (χ0) is 13.5. The van der Waals surface area contributed by atoms with Crippen LogP contribution in [0.3, 0.4) is 0 Å². The molecule has 18 heavy (non-hydrogen) atoms. The number of hydrogen-bond acceptors (Lipinski definition) is 7. The molecule has 9 heteroatoms. The van der Waals surface area contributed by atoms with E-state index in [-0.39, 0.29) is 11.4 Å². The maximum Gasteiger partial charge on any atom is 0.301 e. The first-order valence-electron chi connectivity index (χ1n) is 4.88. The van der Waals surface area contributed by atoms with Crippen molar-refractivity contribution >= 4 is 23.5 Å². The van der Waals surface area contributed by atoms with Crippen molar-refractivity contribution in [1.82, 2.24) is 0 Å². The smallest absolute Gasteiger partial charge is 0.301 e. The number of nitro groups is 2. The Bertz CT molecular complexity index is 488. The maximum atomic E-state index is 10.7. The number of nitrogens with one attached hydrogen (secondary N) is 1. The highest BCUT2D eigenvalue weighted by atomic mass is 16.6. The molecule has 1 rings (SSSR count). The predicted octanol–water partition coefficient (Wildman–Crippen LogP) is 1.89. The third-order valence-electron chi connectivity index (χ3n) is 1.87. The van der Waals surface area contributed by atoms with Gasteiger partial charge in [-0.25, -0.2) is 0 Å². The van der Waals surface area contributed by atoms with Gasteiger partial charge in [0.1, 0.15) is 5.69 Å². The molecule has 0 fully saturated rings. The summed E-state index contributed by atoms with van der Waals surface area (Å²) in [5.74, 6) is 0. The summed E-state index contributed by atoms with van der Waals surface area (Å²) in [5.41, 5.74) is 1.63. The second-order valence-corrected chi connectivity index (χ2v) is 3.02. The van der Waals surface area contributed by atoms with Gasteiger partial charge in [-0.3, -0.25) is 25.7 Å². The van der Waals surface area contributed by atoms with Gasteiger partial charge in [0.15, 0.2) is 6.40 Å². The van der Waals surface area contributed by atoms with Gasteiger partial charge in [-0.15, -0.1) is 5.10 Å². The zero-order valence-electron chi connectivity index (χ0n) is 9.40. The average Bonchev–Trinajstić information content (AvgIpc) is 2.34. The van der Waals surface area contributed by atoms with Gasteiger partial charge in [0, 0.05) is 6.07 Å². The molecule has 0 aromatic heterocycles. The summed E-state index contributed by atoms with van der Waals surface area (Å²) in [6.07, 6.45) is 1.09. The minimum atomic E-state index is -0.731. The van der Waals surface area contributed by atoms with E-state index in [2.05, 4.69) is 10.5 Å². The van der Waals surface area contributed by atoms with E-state index >= 15 is 0 Å². The molecule has 0 heterocycles. The average molecular weight is 254 g/mol. The van der Waals surface area contributed by atoms with Crippen LogP contribution in [-0.2, 0) is 4.74 Å². The maximum absolute atomic E-state index is 10.7. The van der Waals surface area contributed by atoms with Crippen molar-refractivity contribution in [2.75, 3.05) is 12.0 Å². The number of benzene rings is 1. The van der Waals surface area contributed by atoms with Crippen LogP contribution >= 0.6 is 0 Å². The Kier molecular flexibility index (Phi) is 4.55. The second kappa shape index (κ2) is 6.13. The first-order chi connectivity index (χ1) is 8.56. The Morgan fingerprint density at radius 1 is 1.39 bits per heavy atom. The predicted molar refractivity (Wildman–Crippen MR) is 63.5 cm³/mol. The van der Waals surface area contributed by atoms with Gasteiger partial charge >= 0.3 is 5.69 Å². The molecule has 0 aliphatic carbocycles. The lowest BCUT2D eigenvalue weighted by atomic mass is 10.2. The fraction of sp³-hybridized carbons (Fsp3) is 0.222. The summed E-state index contributed by atoms with van der Waals surface area (Å²) in [6.45, 7) is 2.16. The molecule has 0 aliphatic heterocycles. The number of ether oxygens (including phenoxy) is 1. The first-order valence-corrected chi connectivity index (χ1v) is 4.88.